The van der Waals surface area contributed by atoms with Crippen molar-refractivity contribution in [1.29, 1.82) is 0 Å². The van der Waals surface area contributed by atoms with E-state index >= 15 is 0 Å². The molecule has 6 nitrogen and oxygen atoms in total. The van der Waals surface area contributed by atoms with E-state index < -0.39 is 25.3 Å². The summed E-state index contributed by atoms with van der Waals surface area (Å²) >= 11 is 0. The van der Waals surface area contributed by atoms with Gasteiger partial charge in [-0.25, -0.2) is 0 Å². The van der Waals surface area contributed by atoms with Crippen molar-refractivity contribution in [1.82, 2.24) is 4.81 Å². The molecule has 2 unspecified atom stereocenters. The monoisotopic (exact) mass is 203 g/mol. The zero-order chi connectivity index (χ0) is 10.7. The van der Waals surface area contributed by atoms with Gasteiger partial charge < -0.3 is 19.6 Å². The van der Waals surface area contributed by atoms with Crippen LogP contribution < -0.4 is 0 Å². The lowest BCUT2D eigenvalue weighted by Crippen LogP contribution is -2.60. The molecule has 0 saturated carbocycles. The van der Waals surface area contributed by atoms with Crippen LogP contribution in [0.1, 0.15) is 0 Å². The summed E-state index contributed by atoms with van der Waals surface area (Å²) in [7, 11) is 0.335. The van der Waals surface area contributed by atoms with Gasteiger partial charge in [0.25, 0.3) is 0 Å². The van der Waals surface area contributed by atoms with E-state index in [1.54, 1.807) is 0 Å². The molecule has 1 heterocycles. The second kappa shape index (κ2) is 4.74. The number of methoxy groups -OCH3 is 1. The van der Waals surface area contributed by atoms with E-state index in [9.17, 15) is 14.9 Å². The molecule has 0 amide bonds. The van der Waals surface area contributed by atoms with Crippen LogP contribution in [-0.2, 0) is 14.3 Å². The maximum Gasteiger partial charge on any atom is 0.379 e. The molecule has 80 valence electrons. The smallest absolute Gasteiger partial charge is 0.379 e. The van der Waals surface area contributed by atoms with Gasteiger partial charge in [0.2, 0.25) is 0 Å². The minimum absolute atomic E-state index is 0.0817. The average Bonchev–Trinajstić information content (AvgIpc) is 2.15. The zero-order valence-corrected chi connectivity index (χ0v) is 8.21. The van der Waals surface area contributed by atoms with Crippen LogP contribution in [0.25, 0.3) is 0 Å². The van der Waals surface area contributed by atoms with Gasteiger partial charge in [-0.15, -0.1) is 0 Å². The van der Waals surface area contributed by atoms with E-state index in [1.165, 1.54) is 18.7 Å². The molecule has 0 aromatic rings. The Balaban J connectivity index is 2.74. The van der Waals surface area contributed by atoms with Gasteiger partial charge in [-0.05, 0) is 6.82 Å². The molecule has 14 heavy (non-hydrogen) atoms. The predicted molar refractivity (Wildman–Crippen MR) is 48.3 cm³/mol. The number of morpholine rings is 1. The largest absolute Gasteiger partial charge is 0.468 e. The van der Waals surface area contributed by atoms with Gasteiger partial charge in [0, 0.05) is 0 Å². The van der Waals surface area contributed by atoms with Gasteiger partial charge in [0.05, 0.1) is 20.3 Å². The van der Waals surface area contributed by atoms with E-state index in [-0.39, 0.29) is 13.2 Å². The summed E-state index contributed by atoms with van der Waals surface area (Å²) in [5, 5.41) is 18.9. The van der Waals surface area contributed by atoms with Crippen molar-refractivity contribution in [2.24, 2.45) is 0 Å². The van der Waals surface area contributed by atoms with Crippen LogP contribution in [0.4, 0.5) is 0 Å². The molecule has 0 aliphatic carbocycles. The number of nitrogens with zero attached hydrogens (tertiary/aromatic N) is 1. The van der Waals surface area contributed by atoms with Crippen molar-refractivity contribution in [3.63, 3.8) is 0 Å². The van der Waals surface area contributed by atoms with Gasteiger partial charge in [-0.3, -0.25) is 9.61 Å². The fourth-order valence-electron chi connectivity index (χ4n) is 1.50. The molecule has 7 heteroatoms. The molecule has 1 aliphatic rings. The zero-order valence-electron chi connectivity index (χ0n) is 8.21. The third-order valence-corrected chi connectivity index (χ3v) is 2.15. The first-order valence-corrected chi connectivity index (χ1v) is 4.37. The van der Waals surface area contributed by atoms with E-state index in [4.69, 9.17) is 4.74 Å². The fraction of sp³-hybridized carbons (Fsp3) is 0.857. The fourth-order valence-corrected chi connectivity index (χ4v) is 1.50. The standard InChI is InChI=1S/C7H14BNO5/c1-8(12)9-5(7(11)13-2)3-14-4-6(9)10/h5-6,10,12H,3-4H2,1-2H3. The van der Waals surface area contributed by atoms with Gasteiger partial charge in [-0.2, -0.15) is 0 Å². The number of ether oxygens (including phenoxy) is 2. The minimum atomic E-state index is -0.979. The molecular formula is C7H14BNO5. The van der Waals surface area contributed by atoms with Crippen molar-refractivity contribution in [2.45, 2.75) is 19.1 Å². The predicted octanol–water partition coefficient (Wildman–Crippen LogP) is -1.71. The summed E-state index contributed by atoms with van der Waals surface area (Å²) in [5.74, 6) is -0.523. The van der Waals surface area contributed by atoms with Gasteiger partial charge in [0.1, 0.15) is 12.3 Å². The first-order chi connectivity index (χ1) is 6.57. The van der Waals surface area contributed by atoms with E-state index in [0.717, 1.165) is 0 Å². The third kappa shape index (κ3) is 2.24. The molecule has 0 aromatic carbocycles. The Hall–Kier alpha value is -0.625. The number of aliphatic hydroxyl groups is 1. The Bertz CT molecular complexity index is 212. The second-order valence-corrected chi connectivity index (χ2v) is 3.14. The highest BCUT2D eigenvalue weighted by molar-refractivity contribution is 6.45. The molecule has 1 saturated heterocycles. The summed E-state index contributed by atoms with van der Waals surface area (Å²) in [5.41, 5.74) is 0. The van der Waals surface area contributed by atoms with Gasteiger partial charge in [0.15, 0.2) is 0 Å². The number of carbonyl (C=O) groups is 1. The lowest BCUT2D eigenvalue weighted by Gasteiger charge is -2.38. The lowest BCUT2D eigenvalue weighted by atomic mass is 9.82. The highest BCUT2D eigenvalue weighted by Gasteiger charge is 2.39. The Morgan fingerprint density at radius 2 is 2.29 bits per heavy atom. The lowest BCUT2D eigenvalue weighted by molar-refractivity contribution is -0.162. The summed E-state index contributed by atoms with van der Waals surface area (Å²) < 4.78 is 9.53. The van der Waals surface area contributed by atoms with Crippen molar-refractivity contribution < 1.29 is 24.4 Å². The first-order valence-electron chi connectivity index (χ1n) is 4.37. The Labute approximate surface area is 82.5 Å². The Kier molecular flexibility index (Phi) is 3.88. The minimum Gasteiger partial charge on any atom is -0.468 e. The highest BCUT2D eigenvalue weighted by Crippen LogP contribution is 2.14. The molecule has 2 atom stereocenters. The summed E-state index contributed by atoms with van der Waals surface area (Å²) in [6, 6.07) is -0.747. The number of rotatable bonds is 2. The number of hydrogen-bond acceptors (Lipinski definition) is 6. The maximum absolute atomic E-state index is 11.3. The molecule has 1 rings (SSSR count). The molecule has 1 fully saturated rings. The summed E-state index contributed by atoms with van der Waals surface area (Å²) in [4.78, 5) is 12.5. The normalized spacial score (nSPS) is 28.6. The summed E-state index contributed by atoms with van der Waals surface area (Å²) in [6.07, 6.45) is -0.979. The van der Waals surface area contributed by atoms with Crippen LogP contribution >= 0.6 is 0 Å². The molecule has 0 radical (unpaired) electrons. The Morgan fingerprint density at radius 3 is 2.79 bits per heavy atom. The second-order valence-electron chi connectivity index (χ2n) is 3.14. The number of hydrogen-bond donors (Lipinski definition) is 2. The molecule has 1 aliphatic heterocycles. The molecule has 2 N–H and O–H groups in total. The van der Waals surface area contributed by atoms with Crippen LogP contribution in [0.15, 0.2) is 0 Å². The van der Waals surface area contributed by atoms with Crippen LogP contribution in [-0.4, -0.2) is 60.6 Å². The van der Waals surface area contributed by atoms with Crippen molar-refractivity contribution in [2.75, 3.05) is 20.3 Å². The number of aliphatic hydroxyl groups excluding tert-OH is 1. The van der Waals surface area contributed by atoms with Crippen LogP contribution in [0, 0.1) is 0 Å². The van der Waals surface area contributed by atoms with Crippen molar-refractivity contribution in [3.05, 3.63) is 0 Å². The Morgan fingerprint density at radius 1 is 1.64 bits per heavy atom. The number of esters is 1. The van der Waals surface area contributed by atoms with Gasteiger partial charge in [-0.1, -0.05) is 0 Å². The van der Waals surface area contributed by atoms with Crippen molar-refractivity contribution in [3.8, 4) is 0 Å². The quantitative estimate of drug-likeness (QED) is 0.411. The third-order valence-electron chi connectivity index (χ3n) is 2.15. The molecule has 0 bridgehead atoms. The molecule has 0 aromatic heterocycles. The van der Waals surface area contributed by atoms with E-state index in [2.05, 4.69) is 4.74 Å². The topological polar surface area (TPSA) is 79.2 Å². The van der Waals surface area contributed by atoms with Crippen LogP contribution in [0.2, 0.25) is 6.82 Å². The number of carbonyl (C=O) groups excluding carboxylic acids is 1. The van der Waals surface area contributed by atoms with E-state index in [0.29, 0.717) is 0 Å². The van der Waals surface area contributed by atoms with Crippen LogP contribution in [0.3, 0.4) is 0 Å². The summed E-state index contributed by atoms with van der Waals surface area (Å²) in [6.45, 7) is 1.68. The van der Waals surface area contributed by atoms with E-state index in [1.807, 2.05) is 0 Å². The SMILES string of the molecule is COC(=O)C1COCC(O)N1B(C)O. The molecular weight excluding hydrogens is 189 g/mol. The van der Waals surface area contributed by atoms with Crippen LogP contribution in [0.5, 0.6) is 0 Å². The maximum atomic E-state index is 11.3. The average molecular weight is 203 g/mol. The van der Waals surface area contributed by atoms with Crippen molar-refractivity contribution >= 4 is 13.0 Å². The highest BCUT2D eigenvalue weighted by atomic mass is 16.5. The van der Waals surface area contributed by atoms with Gasteiger partial charge >= 0.3 is 13.0 Å². The molecule has 0 spiro atoms. The first kappa shape index (κ1) is 11.4.